The lowest BCUT2D eigenvalue weighted by Crippen LogP contribution is -2.30. The molecule has 8 heteroatoms. The molecule has 2 aromatic heterocycles. The number of anilines is 1. The molecule has 0 aliphatic heterocycles. The number of hydrogen-bond donors (Lipinski definition) is 3. The largest absolute Gasteiger partial charge is 0.481 e. The Balaban J connectivity index is 1.53. The smallest absolute Gasteiger partial charge is 0.305 e. The van der Waals surface area contributed by atoms with E-state index in [2.05, 4.69) is 10.6 Å². The number of aliphatic carboxylic acids is 1. The minimum atomic E-state index is -1.07. The lowest BCUT2D eigenvalue weighted by Gasteiger charge is -2.24. The van der Waals surface area contributed by atoms with Crippen molar-refractivity contribution in [3.63, 3.8) is 0 Å². The van der Waals surface area contributed by atoms with Crippen molar-refractivity contribution in [1.82, 2.24) is 14.7 Å². The van der Waals surface area contributed by atoms with Crippen LogP contribution in [0.2, 0.25) is 0 Å². The number of nitrogens with zero attached hydrogens (tertiary/aromatic N) is 2. The number of hydrogen-bond acceptors (Lipinski definition) is 4. The van der Waals surface area contributed by atoms with Crippen molar-refractivity contribution >= 4 is 23.3 Å². The van der Waals surface area contributed by atoms with Crippen molar-refractivity contribution in [2.24, 2.45) is 0 Å². The minimum absolute atomic E-state index is 0.326. The third-order valence-electron chi connectivity index (χ3n) is 6.84. The van der Waals surface area contributed by atoms with Gasteiger partial charge in [0.25, 0.3) is 5.91 Å². The van der Waals surface area contributed by atoms with E-state index in [1.54, 1.807) is 12.1 Å². The number of nitrogens with one attached hydrogen (secondary N) is 2. The Morgan fingerprint density at radius 1 is 1.00 bits per heavy atom. The molecular formula is C29H29FN4O3. The van der Waals surface area contributed by atoms with E-state index >= 15 is 0 Å². The summed E-state index contributed by atoms with van der Waals surface area (Å²) in [7, 11) is 0. The van der Waals surface area contributed by atoms with Crippen molar-refractivity contribution in [2.75, 3.05) is 5.32 Å². The summed E-state index contributed by atoms with van der Waals surface area (Å²) in [4.78, 5) is 29.9. The lowest BCUT2D eigenvalue weighted by atomic mass is 9.95. The molecule has 190 valence electrons. The number of halogens is 1. The van der Waals surface area contributed by atoms with E-state index in [4.69, 9.17) is 4.98 Å². The summed E-state index contributed by atoms with van der Waals surface area (Å²) in [6.07, 6.45) is 7.30. The number of pyridine rings is 1. The van der Waals surface area contributed by atoms with Crippen LogP contribution in [0.25, 0.3) is 16.9 Å². The van der Waals surface area contributed by atoms with Gasteiger partial charge in [0.15, 0.2) is 5.65 Å². The highest BCUT2D eigenvalue weighted by Gasteiger charge is 2.24. The Morgan fingerprint density at radius 2 is 1.73 bits per heavy atom. The minimum Gasteiger partial charge on any atom is -0.481 e. The van der Waals surface area contributed by atoms with Crippen LogP contribution >= 0.6 is 0 Å². The first-order valence-corrected chi connectivity index (χ1v) is 12.6. The first kappa shape index (κ1) is 24.5. The zero-order valence-corrected chi connectivity index (χ0v) is 20.4. The second kappa shape index (κ2) is 10.8. The number of rotatable bonds is 8. The number of benzene rings is 2. The van der Waals surface area contributed by atoms with E-state index in [0.717, 1.165) is 29.9 Å². The van der Waals surface area contributed by atoms with Gasteiger partial charge in [-0.1, -0.05) is 61.7 Å². The predicted molar refractivity (Wildman–Crippen MR) is 140 cm³/mol. The third kappa shape index (κ3) is 5.48. The summed E-state index contributed by atoms with van der Waals surface area (Å²) < 4.78 is 15.3. The van der Waals surface area contributed by atoms with Gasteiger partial charge in [-0.25, -0.2) is 9.37 Å². The first-order valence-electron chi connectivity index (χ1n) is 12.6. The molecule has 1 atom stereocenters. The third-order valence-corrected chi connectivity index (χ3v) is 6.84. The molecule has 1 amide bonds. The maximum Gasteiger partial charge on any atom is 0.305 e. The Labute approximate surface area is 214 Å². The van der Waals surface area contributed by atoms with Gasteiger partial charge < -0.3 is 15.7 Å². The van der Waals surface area contributed by atoms with E-state index in [0.29, 0.717) is 22.8 Å². The molecule has 4 aromatic rings. The molecule has 1 fully saturated rings. The fourth-order valence-electron chi connectivity index (χ4n) is 4.98. The highest BCUT2D eigenvalue weighted by atomic mass is 19.1. The molecule has 0 spiro atoms. The summed E-state index contributed by atoms with van der Waals surface area (Å²) in [5.41, 5.74) is 3.01. The Hall–Kier alpha value is -4.20. The van der Waals surface area contributed by atoms with Crippen LogP contribution in [0, 0.1) is 5.82 Å². The molecule has 2 heterocycles. The van der Waals surface area contributed by atoms with Crippen molar-refractivity contribution in [3.8, 4) is 11.3 Å². The van der Waals surface area contributed by atoms with Crippen LogP contribution in [0.3, 0.4) is 0 Å². The monoisotopic (exact) mass is 500 g/mol. The van der Waals surface area contributed by atoms with Gasteiger partial charge in [-0.2, -0.15) is 0 Å². The predicted octanol–water partition coefficient (Wildman–Crippen LogP) is 5.83. The fourth-order valence-corrected chi connectivity index (χ4v) is 4.98. The average Bonchev–Trinajstić information content (AvgIpc) is 3.28. The summed E-state index contributed by atoms with van der Waals surface area (Å²) in [6, 6.07) is 18.3. The first-order chi connectivity index (χ1) is 18.0. The van der Waals surface area contributed by atoms with Crippen molar-refractivity contribution in [1.29, 1.82) is 0 Å². The summed E-state index contributed by atoms with van der Waals surface area (Å²) in [5.74, 6) is -1.12. The maximum absolute atomic E-state index is 13.5. The number of fused-ring (bicyclic) bond motifs is 1. The molecule has 2 aromatic carbocycles. The number of imidazole rings is 1. The van der Waals surface area contributed by atoms with Crippen LogP contribution in [-0.2, 0) is 4.79 Å². The highest BCUT2D eigenvalue weighted by molar-refractivity contribution is 6.01. The molecular weight excluding hydrogens is 471 g/mol. The molecule has 0 saturated heterocycles. The number of carboxylic acids is 1. The highest BCUT2D eigenvalue weighted by Crippen LogP contribution is 2.32. The van der Waals surface area contributed by atoms with Crippen LogP contribution in [0.15, 0.2) is 72.9 Å². The SMILES string of the molecule is O=C(O)CC(NC(=O)c1cccn2c(NC3CCCCC3)c(-c3ccccc3)nc12)c1ccc(F)cc1. The number of carbonyl (C=O) groups is 2. The zero-order valence-electron chi connectivity index (χ0n) is 20.4. The number of amides is 1. The topological polar surface area (TPSA) is 95.7 Å². The molecule has 3 N–H and O–H groups in total. The summed E-state index contributed by atoms with van der Waals surface area (Å²) >= 11 is 0. The van der Waals surface area contributed by atoms with E-state index in [1.165, 1.54) is 43.5 Å². The fraction of sp³-hybridized carbons (Fsp3) is 0.276. The van der Waals surface area contributed by atoms with Crippen molar-refractivity contribution in [2.45, 2.75) is 50.6 Å². The summed E-state index contributed by atoms with van der Waals surface area (Å²) in [5, 5.41) is 15.9. The van der Waals surface area contributed by atoms with E-state index in [-0.39, 0.29) is 6.42 Å². The van der Waals surface area contributed by atoms with Gasteiger partial charge in [0.1, 0.15) is 17.3 Å². The second-order valence-electron chi connectivity index (χ2n) is 9.45. The quantitative estimate of drug-likeness (QED) is 0.283. The number of carbonyl (C=O) groups excluding carboxylic acids is 1. The van der Waals surface area contributed by atoms with E-state index in [9.17, 15) is 19.1 Å². The molecule has 0 bridgehead atoms. The van der Waals surface area contributed by atoms with Crippen LogP contribution in [0.1, 0.15) is 60.5 Å². The maximum atomic E-state index is 13.5. The Bertz CT molecular complexity index is 1400. The van der Waals surface area contributed by atoms with Gasteiger partial charge in [0, 0.05) is 17.8 Å². The van der Waals surface area contributed by atoms with Gasteiger partial charge in [-0.05, 0) is 42.7 Å². The van der Waals surface area contributed by atoms with Crippen LogP contribution in [0.5, 0.6) is 0 Å². The Morgan fingerprint density at radius 3 is 2.43 bits per heavy atom. The molecule has 1 aliphatic carbocycles. The molecule has 37 heavy (non-hydrogen) atoms. The van der Waals surface area contributed by atoms with Crippen molar-refractivity contribution in [3.05, 3.63) is 89.9 Å². The van der Waals surface area contributed by atoms with E-state index < -0.39 is 23.7 Å². The van der Waals surface area contributed by atoms with Gasteiger partial charge in [-0.15, -0.1) is 0 Å². The average molecular weight is 501 g/mol. The van der Waals surface area contributed by atoms with Crippen LogP contribution < -0.4 is 10.6 Å². The van der Waals surface area contributed by atoms with Crippen LogP contribution in [0.4, 0.5) is 10.2 Å². The molecule has 0 radical (unpaired) electrons. The normalized spacial score (nSPS) is 14.8. The zero-order chi connectivity index (χ0) is 25.8. The van der Waals surface area contributed by atoms with E-state index in [1.807, 2.05) is 40.9 Å². The van der Waals surface area contributed by atoms with Gasteiger partial charge in [0.05, 0.1) is 18.0 Å². The molecule has 1 aliphatic rings. The standard InChI is InChI=1S/C29H29FN4O3/c30-21-15-13-19(14-16-21)24(18-25(35)36)32-29(37)23-12-7-17-34-27(23)33-26(20-8-3-1-4-9-20)28(34)31-22-10-5-2-6-11-22/h1,3-4,7-9,12-17,22,24,31H,2,5-6,10-11,18H2,(H,32,37)(H,35,36). The lowest BCUT2D eigenvalue weighted by molar-refractivity contribution is -0.137. The van der Waals surface area contributed by atoms with Crippen LogP contribution in [-0.4, -0.2) is 32.4 Å². The molecule has 1 saturated carbocycles. The molecule has 5 rings (SSSR count). The van der Waals surface area contributed by atoms with Gasteiger partial charge in [-0.3, -0.25) is 14.0 Å². The number of carboxylic acid groups (broad SMARTS) is 1. The molecule has 7 nitrogen and oxygen atoms in total. The van der Waals surface area contributed by atoms with Gasteiger partial charge >= 0.3 is 5.97 Å². The summed E-state index contributed by atoms with van der Waals surface area (Å²) in [6.45, 7) is 0. The molecule has 1 unspecified atom stereocenters. The van der Waals surface area contributed by atoms with Gasteiger partial charge in [0.2, 0.25) is 0 Å². The number of aromatic nitrogens is 2. The Kier molecular flexibility index (Phi) is 7.16. The second-order valence-corrected chi connectivity index (χ2v) is 9.45. The van der Waals surface area contributed by atoms with Crippen molar-refractivity contribution < 1.29 is 19.1 Å².